The molecular weight excluding hydrogens is 1000 g/mol. The Bertz CT molecular complexity index is 3890. The van der Waals surface area contributed by atoms with E-state index in [1.807, 2.05) is 0 Å². The van der Waals surface area contributed by atoms with Crippen LogP contribution in [0.25, 0.3) is 32.3 Å². The quantitative estimate of drug-likeness (QED) is 0.0948. The van der Waals surface area contributed by atoms with Crippen LogP contribution in [-0.2, 0) is 38.5 Å². The number of nitrogens with zero attached hydrogens (tertiary/aromatic N) is 3. The van der Waals surface area contributed by atoms with Crippen molar-refractivity contribution in [2.45, 2.75) is 93.9 Å². The fourth-order valence-electron chi connectivity index (χ4n) is 10.9. The van der Waals surface area contributed by atoms with Crippen LogP contribution in [0.1, 0.15) is 86.1 Å². The molecule has 0 radical (unpaired) electrons. The summed E-state index contributed by atoms with van der Waals surface area (Å²) in [6, 6.07) is 95.3. The number of benzene rings is 12. The van der Waals surface area contributed by atoms with E-state index in [4.69, 9.17) is 0 Å². The predicted molar refractivity (Wildman–Crippen MR) is 362 cm³/mol. The Balaban J connectivity index is 0.000000140. The van der Waals surface area contributed by atoms with Gasteiger partial charge in [0, 0.05) is 51.2 Å². The van der Waals surface area contributed by atoms with E-state index in [0.717, 1.165) is 38.5 Å². The normalized spacial score (nSPS) is 10.9. The number of rotatable bonds is 15. The molecule has 0 fully saturated rings. The molecule has 0 saturated carbocycles. The van der Waals surface area contributed by atoms with Crippen LogP contribution < -0.4 is 14.7 Å². The summed E-state index contributed by atoms with van der Waals surface area (Å²) in [6.07, 6.45) is 6.34. The summed E-state index contributed by atoms with van der Waals surface area (Å²) in [5.41, 5.74) is 21.5. The molecule has 0 saturated heterocycles. The first-order valence-corrected chi connectivity index (χ1v) is 30.1. The molecule has 0 aliphatic rings. The van der Waals surface area contributed by atoms with Crippen molar-refractivity contribution in [1.29, 1.82) is 0 Å². The van der Waals surface area contributed by atoms with E-state index >= 15 is 0 Å². The lowest BCUT2D eigenvalue weighted by molar-refractivity contribution is 1.13. The van der Waals surface area contributed by atoms with Gasteiger partial charge < -0.3 is 14.7 Å². The topological polar surface area (TPSA) is 9.72 Å². The van der Waals surface area contributed by atoms with Crippen LogP contribution in [0.5, 0.6) is 0 Å². The first kappa shape index (κ1) is 57.1. The van der Waals surface area contributed by atoms with Crippen molar-refractivity contribution in [3.05, 3.63) is 305 Å². The lowest BCUT2D eigenvalue weighted by Crippen LogP contribution is -2.10. The molecule has 0 bridgehead atoms. The van der Waals surface area contributed by atoms with Crippen molar-refractivity contribution in [3.63, 3.8) is 0 Å². The van der Waals surface area contributed by atoms with Gasteiger partial charge in [0.25, 0.3) is 0 Å². The van der Waals surface area contributed by atoms with Crippen LogP contribution in [0.4, 0.5) is 51.2 Å². The summed E-state index contributed by atoms with van der Waals surface area (Å²) in [5.74, 6) is 0. The highest BCUT2D eigenvalue weighted by molar-refractivity contribution is 6.00. The van der Waals surface area contributed by atoms with Crippen molar-refractivity contribution in [3.8, 4) is 0 Å². The second kappa shape index (κ2) is 27.1. The Morgan fingerprint density at radius 2 is 0.422 bits per heavy atom. The molecule has 0 aromatic heterocycles. The summed E-state index contributed by atoms with van der Waals surface area (Å²) in [7, 11) is 0. The van der Waals surface area contributed by atoms with Crippen molar-refractivity contribution in [2.24, 2.45) is 0 Å². The van der Waals surface area contributed by atoms with Gasteiger partial charge >= 0.3 is 0 Å². The van der Waals surface area contributed by atoms with Gasteiger partial charge in [0.2, 0.25) is 0 Å². The van der Waals surface area contributed by atoms with E-state index < -0.39 is 0 Å². The van der Waals surface area contributed by atoms with Gasteiger partial charge in [-0.1, -0.05) is 181 Å². The highest BCUT2D eigenvalue weighted by Crippen LogP contribution is 2.40. The molecule has 12 rings (SSSR count). The molecule has 0 spiro atoms. The van der Waals surface area contributed by atoms with Crippen LogP contribution in [0, 0.1) is 13.8 Å². The third kappa shape index (κ3) is 13.6. The first-order valence-electron chi connectivity index (χ1n) is 30.1. The minimum atomic E-state index is 1.05. The molecule has 12 aromatic carbocycles. The zero-order chi connectivity index (χ0) is 57.7. The largest absolute Gasteiger partial charge is 0.310 e. The maximum absolute atomic E-state index is 2.35. The number of aryl methyl sites for hydroxylation is 8. The van der Waals surface area contributed by atoms with Crippen molar-refractivity contribution < 1.29 is 0 Å². The number of hydrogen-bond donors (Lipinski definition) is 0. The first-order chi connectivity index (χ1) is 40.6. The van der Waals surface area contributed by atoms with E-state index in [9.17, 15) is 0 Å². The Labute approximate surface area is 494 Å². The zero-order valence-electron chi connectivity index (χ0n) is 49.9. The molecule has 414 valence electrons. The number of hydrogen-bond acceptors (Lipinski definition) is 3. The van der Waals surface area contributed by atoms with Gasteiger partial charge in [-0.3, -0.25) is 0 Å². The Kier molecular flexibility index (Phi) is 18.6. The molecule has 0 amide bonds. The second-order valence-corrected chi connectivity index (χ2v) is 21.7. The maximum atomic E-state index is 2.35. The standard InChI is InChI=1S/C30H27N.C26H25N.C24H27N/c1-3-22-9-14-28(15-10-22)31(29-16-11-23(4-2)12-17-29)30-18-13-26-19-24-7-5-6-8-25(24)20-27(26)21-30;1-3-20-9-14-24(15-10-20)27(25-16-11-21(4-2)12-17-25)26-18-13-22-7-5-6-8-23(22)19-26;1-5-20-8-13-22(14-9-20)25(23-15-10-21(6-2)11-16-23)24-12-7-18(3)19(4)17-24/h5-21H,3-4H2,1-2H3;5-19H,3-4H2,1-2H3;7-17H,5-6H2,1-4H3. The molecule has 0 unspecified atom stereocenters. The lowest BCUT2D eigenvalue weighted by Gasteiger charge is -2.26. The van der Waals surface area contributed by atoms with E-state index in [1.165, 1.54) is 128 Å². The van der Waals surface area contributed by atoms with Crippen LogP contribution in [0.2, 0.25) is 0 Å². The highest BCUT2D eigenvalue weighted by Gasteiger charge is 2.17. The van der Waals surface area contributed by atoms with Gasteiger partial charge in [-0.25, -0.2) is 0 Å². The van der Waals surface area contributed by atoms with Crippen LogP contribution in [0.3, 0.4) is 0 Å². The molecule has 3 nitrogen and oxygen atoms in total. The molecular formula is C80H79N3. The van der Waals surface area contributed by atoms with Gasteiger partial charge in [-0.2, -0.15) is 0 Å². The van der Waals surface area contributed by atoms with Gasteiger partial charge in [-0.15, -0.1) is 0 Å². The minimum Gasteiger partial charge on any atom is -0.310 e. The van der Waals surface area contributed by atoms with E-state index in [0.29, 0.717) is 0 Å². The summed E-state index contributed by atoms with van der Waals surface area (Å²) >= 11 is 0. The molecule has 0 N–H and O–H groups in total. The van der Waals surface area contributed by atoms with Crippen molar-refractivity contribution >= 4 is 83.5 Å². The summed E-state index contributed by atoms with van der Waals surface area (Å²) in [6.45, 7) is 17.5. The second-order valence-electron chi connectivity index (χ2n) is 21.7. The third-order valence-corrected chi connectivity index (χ3v) is 16.3. The summed E-state index contributed by atoms with van der Waals surface area (Å²) in [4.78, 5) is 7.03. The molecule has 0 atom stereocenters. The predicted octanol–water partition coefficient (Wildman–Crippen LogP) is 22.9. The lowest BCUT2D eigenvalue weighted by atomic mass is 10.0. The average Bonchev–Trinajstić information content (AvgIpc) is 3.55. The van der Waals surface area contributed by atoms with Gasteiger partial charge in [-0.05, 0) is 251 Å². The van der Waals surface area contributed by atoms with Crippen LogP contribution in [-0.4, -0.2) is 0 Å². The maximum Gasteiger partial charge on any atom is 0.0468 e. The monoisotopic (exact) mass is 1080 g/mol. The van der Waals surface area contributed by atoms with E-state index in [2.05, 4.69) is 331 Å². The van der Waals surface area contributed by atoms with Crippen LogP contribution >= 0.6 is 0 Å². The average molecular weight is 1080 g/mol. The fourth-order valence-corrected chi connectivity index (χ4v) is 10.9. The number of anilines is 9. The van der Waals surface area contributed by atoms with Gasteiger partial charge in [0.15, 0.2) is 0 Å². The smallest absolute Gasteiger partial charge is 0.0468 e. The molecule has 3 heteroatoms. The molecule has 0 aliphatic heterocycles. The van der Waals surface area contributed by atoms with Gasteiger partial charge in [0.1, 0.15) is 0 Å². The highest BCUT2D eigenvalue weighted by atomic mass is 15.2. The Hall–Kier alpha value is -9.18. The van der Waals surface area contributed by atoms with Gasteiger partial charge in [0.05, 0.1) is 0 Å². The van der Waals surface area contributed by atoms with Crippen LogP contribution in [0.15, 0.2) is 261 Å². The summed E-state index contributed by atoms with van der Waals surface area (Å²) in [5, 5.41) is 7.61. The molecule has 0 aliphatic carbocycles. The van der Waals surface area contributed by atoms with Crippen molar-refractivity contribution in [2.75, 3.05) is 14.7 Å². The minimum absolute atomic E-state index is 1.05. The van der Waals surface area contributed by atoms with E-state index in [1.54, 1.807) is 0 Å². The molecule has 83 heavy (non-hydrogen) atoms. The fraction of sp³-hybridized carbons (Fsp3) is 0.175. The molecule has 12 aromatic rings. The summed E-state index contributed by atoms with van der Waals surface area (Å²) < 4.78 is 0. The zero-order valence-corrected chi connectivity index (χ0v) is 49.9. The Morgan fingerprint density at radius 1 is 0.193 bits per heavy atom. The SMILES string of the molecule is CCc1ccc(N(c2ccc(CC)cc2)c2ccc(C)c(C)c2)cc1.CCc1ccc(N(c2ccc(CC)cc2)c2ccc3cc4ccccc4cc3c2)cc1.CCc1ccc(N(c2ccc(CC)cc2)c2ccc3ccccc3c2)cc1. The van der Waals surface area contributed by atoms with E-state index in [-0.39, 0.29) is 0 Å². The third-order valence-electron chi connectivity index (χ3n) is 16.3. The number of fused-ring (bicyclic) bond motifs is 3. The molecule has 0 heterocycles. The van der Waals surface area contributed by atoms with Crippen molar-refractivity contribution in [1.82, 2.24) is 0 Å². The Morgan fingerprint density at radius 3 is 0.735 bits per heavy atom.